The second-order valence-corrected chi connectivity index (χ2v) is 6.46. The number of thiophene rings is 1. The van der Waals surface area contributed by atoms with Crippen LogP contribution in [-0.4, -0.2) is 31.4 Å². The molecule has 8 heteroatoms. The maximum atomic E-state index is 13.8. The Balaban J connectivity index is 2.40. The number of carbonyl (C=O) groups excluding carboxylic acids is 3. The van der Waals surface area contributed by atoms with Crippen LogP contribution in [0.2, 0.25) is 0 Å². The van der Waals surface area contributed by atoms with Crippen LogP contribution in [0.1, 0.15) is 49.3 Å². The first-order valence-corrected chi connectivity index (χ1v) is 8.78. The fourth-order valence-electron chi connectivity index (χ4n) is 2.30. The van der Waals surface area contributed by atoms with Crippen molar-refractivity contribution in [1.82, 2.24) is 5.32 Å². The van der Waals surface area contributed by atoms with E-state index in [0.29, 0.717) is 17.0 Å². The van der Waals surface area contributed by atoms with Crippen molar-refractivity contribution in [2.24, 2.45) is 0 Å². The van der Waals surface area contributed by atoms with E-state index in [2.05, 4.69) is 10.6 Å². The highest BCUT2D eigenvalue weighted by atomic mass is 32.1. The van der Waals surface area contributed by atoms with Gasteiger partial charge < -0.3 is 15.4 Å². The molecule has 0 aliphatic heterocycles. The number of hydrogen-bond acceptors (Lipinski definition) is 5. The number of rotatable bonds is 6. The maximum Gasteiger partial charge on any atom is 0.341 e. The summed E-state index contributed by atoms with van der Waals surface area (Å²) in [5, 5.41) is 5.38. The van der Waals surface area contributed by atoms with Crippen LogP contribution in [0.5, 0.6) is 0 Å². The van der Waals surface area contributed by atoms with Crippen molar-refractivity contribution in [2.45, 2.75) is 20.3 Å². The van der Waals surface area contributed by atoms with Gasteiger partial charge in [-0.3, -0.25) is 9.59 Å². The molecular formula is C18H19FN2O4S. The molecule has 2 amide bonds. The smallest absolute Gasteiger partial charge is 0.341 e. The molecule has 0 aliphatic rings. The summed E-state index contributed by atoms with van der Waals surface area (Å²) in [6, 6.07) is 5.50. The van der Waals surface area contributed by atoms with E-state index in [0.717, 1.165) is 17.8 Å². The van der Waals surface area contributed by atoms with Gasteiger partial charge in [-0.2, -0.15) is 0 Å². The molecule has 26 heavy (non-hydrogen) atoms. The molecule has 0 unspecified atom stereocenters. The van der Waals surface area contributed by atoms with E-state index in [4.69, 9.17) is 4.74 Å². The van der Waals surface area contributed by atoms with Gasteiger partial charge >= 0.3 is 5.97 Å². The number of carbonyl (C=O) groups is 3. The van der Waals surface area contributed by atoms with E-state index in [1.807, 2.05) is 6.92 Å². The average Bonchev–Trinajstić information content (AvgIpc) is 2.95. The van der Waals surface area contributed by atoms with Gasteiger partial charge in [0.05, 0.1) is 23.1 Å². The summed E-state index contributed by atoms with van der Waals surface area (Å²) >= 11 is 0.950. The Kier molecular flexibility index (Phi) is 6.46. The van der Waals surface area contributed by atoms with Crippen LogP contribution < -0.4 is 10.6 Å². The lowest BCUT2D eigenvalue weighted by Crippen LogP contribution is -2.23. The van der Waals surface area contributed by atoms with E-state index in [1.165, 1.54) is 31.4 Å². The van der Waals surface area contributed by atoms with Crippen molar-refractivity contribution in [3.8, 4) is 0 Å². The van der Waals surface area contributed by atoms with Gasteiger partial charge in [0, 0.05) is 6.54 Å². The zero-order chi connectivity index (χ0) is 19.3. The van der Waals surface area contributed by atoms with Gasteiger partial charge in [0.15, 0.2) is 0 Å². The highest BCUT2D eigenvalue weighted by Crippen LogP contribution is 2.34. The van der Waals surface area contributed by atoms with E-state index in [-0.39, 0.29) is 22.0 Å². The van der Waals surface area contributed by atoms with Crippen molar-refractivity contribution in [1.29, 1.82) is 0 Å². The second-order valence-electron chi connectivity index (χ2n) is 5.44. The molecule has 1 aromatic carbocycles. The fraction of sp³-hybridized carbons (Fsp3) is 0.278. The fourth-order valence-corrected chi connectivity index (χ4v) is 3.41. The molecule has 2 aromatic rings. The van der Waals surface area contributed by atoms with E-state index in [1.54, 1.807) is 6.92 Å². The van der Waals surface area contributed by atoms with E-state index in [9.17, 15) is 18.8 Å². The highest BCUT2D eigenvalue weighted by molar-refractivity contribution is 7.18. The molecule has 0 spiro atoms. The summed E-state index contributed by atoms with van der Waals surface area (Å²) in [6.45, 7) is 4.00. The third kappa shape index (κ3) is 4.08. The van der Waals surface area contributed by atoms with Crippen LogP contribution in [0.15, 0.2) is 24.3 Å². The normalized spacial score (nSPS) is 10.3. The molecule has 1 heterocycles. The zero-order valence-electron chi connectivity index (χ0n) is 14.6. The molecule has 1 aromatic heterocycles. The third-order valence-corrected chi connectivity index (χ3v) is 4.83. The Morgan fingerprint density at radius 2 is 1.88 bits per heavy atom. The molecule has 138 valence electrons. The SMILES string of the molecule is CCCNC(=O)c1sc(NC(=O)c2ccccc2F)c(C(=O)OC)c1C. The van der Waals surface area contributed by atoms with Crippen LogP contribution >= 0.6 is 11.3 Å². The lowest BCUT2D eigenvalue weighted by atomic mass is 10.1. The van der Waals surface area contributed by atoms with Gasteiger partial charge in [0.2, 0.25) is 0 Å². The largest absolute Gasteiger partial charge is 0.465 e. The van der Waals surface area contributed by atoms with Crippen molar-refractivity contribution < 1.29 is 23.5 Å². The van der Waals surface area contributed by atoms with Crippen LogP contribution in [0.3, 0.4) is 0 Å². The highest BCUT2D eigenvalue weighted by Gasteiger charge is 2.26. The molecule has 0 atom stereocenters. The lowest BCUT2D eigenvalue weighted by molar-refractivity contribution is 0.0601. The summed E-state index contributed by atoms with van der Waals surface area (Å²) in [5.74, 6) is -2.42. The predicted molar refractivity (Wildman–Crippen MR) is 97.4 cm³/mol. The van der Waals surface area contributed by atoms with Gasteiger partial charge in [0.25, 0.3) is 11.8 Å². The van der Waals surface area contributed by atoms with Crippen LogP contribution in [0, 0.1) is 12.7 Å². The molecule has 2 N–H and O–H groups in total. The predicted octanol–water partition coefficient (Wildman–Crippen LogP) is 3.37. The minimum atomic E-state index is -0.713. The Labute approximate surface area is 154 Å². The standard InChI is InChI=1S/C18H19FN2O4S/c1-4-9-20-16(23)14-10(2)13(18(24)25-3)17(26-14)21-15(22)11-7-5-6-8-12(11)19/h5-8H,4,9H2,1-3H3,(H,20,23)(H,21,22). The maximum absolute atomic E-state index is 13.8. The number of hydrogen-bond donors (Lipinski definition) is 2. The van der Waals surface area contributed by atoms with Gasteiger partial charge in [-0.25, -0.2) is 9.18 Å². The molecular weight excluding hydrogens is 359 g/mol. The summed E-state index contributed by atoms with van der Waals surface area (Å²) in [6.07, 6.45) is 0.761. The summed E-state index contributed by atoms with van der Waals surface area (Å²) in [4.78, 5) is 37.1. The van der Waals surface area contributed by atoms with Crippen molar-refractivity contribution in [2.75, 3.05) is 19.0 Å². The molecule has 0 fully saturated rings. The van der Waals surface area contributed by atoms with Crippen LogP contribution in [-0.2, 0) is 4.74 Å². The molecule has 2 rings (SSSR count). The number of ether oxygens (including phenoxy) is 1. The molecule has 0 aliphatic carbocycles. The van der Waals surface area contributed by atoms with Crippen molar-refractivity contribution >= 4 is 34.1 Å². The Morgan fingerprint density at radius 1 is 1.19 bits per heavy atom. The van der Waals surface area contributed by atoms with E-state index >= 15 is 0 Å². The monoisotopic (exact) mass is 378 g/mol. The second kappa shape index (κ2) is 8.57. The first kappa shape index (κ1) is 19.6. The average molecular weight is 378 g/mol. The first-order valence-electron chi connectivity index (χ1n) is 7.96. The van der Waals surface area contributed by atoms with Gasteiger partial charge in [-0.05, 0) is 31.0 Å². The molecule has 0 radical (unpaired) electrons. The molecule has 0 saturated carbocycles. The summed E-state index contributed by atoms with van der Waals surface area (Å²) in [7, 11) is 1.21. The number of amides is 2. The lowest BCUT2D eigenvalue weighted by Gasteiger charge is -2.06. The van der Waals surface area contributed by atoms with Crippen LogP contribution in [0.4, 0.5) is 9.39 Å². The molecule has 6 nitrogen and oxygen atoms in total. The van der Waals surface area contributed by atoms with Crippen molar-refractivity contribution in [3.63, 3.8) is 0 Å². The Morgan fingerprint density at radius 3 is 2.50 bits per heavy atom. The number of halogens is 1. The third-order valence-electron chi connectivity index (χ3n) is 3.62. The number of esters is 1. The number of methoxy groups -OCH3 is 1. The Hall–Kier alpha value is -2.74. The number of benzene rings is 1. The molecule has 0 saturated heterocycles. The minimum absolute atomic E-state index is 0.0869. The number of anilines is 1. The van der Waals surface area contributed by atoms with Crippen molar-refractivity contribution in [3.05, 3.63) is 51.7 Å². The molecule has 0 bridgehead atoms. The first-order chi connectivity index (χ1) is 12.4. The van der Waals surface area contributed by atoms with Gasteiger partial charge in [-0.1, -0.05) is 19.1 Å². The number of nitrogens with one attached hydrogen (secondary N) is 2. The summed E-state index contributed by atoms with van der Waals surface area (Å²) < 4.78 is 18.6. The van der Waals surface area contributed by atoms with E-state index < -0.39 is 17.7 Å². The van der Waals surface area contributed by atoms with Gasteiger partial charge in [0.1, 0.15) is 10.8 Å². The van der Waals surface area contributed by atoms with Gasteiger partial charge in [-0.15, -0.1) is 11.3 Å². The minimum Gasteiger partial charge on any atom is -0.465 e. The topological polar surface area (TPSA) is 84.5 Å². The van der Waals surface area contributed by atoms with Crippen LogP contribution in [0.25, 0.3) is 0 Å². The Bertz CT molecular complexity index is 848. The summed E-state index contributed by atoms with van der Waals surface area (Å²) in [5.41, 5.74) is 0.328. The quantitative estimate of drug-likeness (QED) is 0.755. The zero-order valence-corrected chi connectivity index (χ0v) is 15.5.